The molecule has 1 spiro atoms. The molecule has 0 aromatic heterocycles. The summed E-state index contributed by atoms with van der Waals surface area (Å²) in [5.74, 6) is 0.565. The number of amides is 1. The second-order valence-electron chi connectivity index (χ2n) is 7.76. The molecule has 3 heterocycles. The molecule has 3 fully saturated rings. The number of rotatable bonds is 5. The molecule has 3 aliphatic heterocycles. The van der Waals surface area contributed by atoms with Gasteiger partial charge in [0.2, 0.25) is 15.9 Å². The van der Waals surface area contributed by atoms with Crippen LogP contribution in [0, 0.1) is 12.8 Å². The van der Waals surface area contributed by atoms with Gasteiger partial charge in [-0.15, -0.1) is 0 Å². The summed E-state index contributed by atoms with van der Waals surface area (Å²) in [6, 6.07) is 7.04. The summed E-state index contributed by atoms with van der Waals surface area (Å²) in [5.41, 5.74) is 0.575. The van der Waals surface area contributed by atoms with Crippen molar-refractivity contribution in [1.82, 2.24) is 9.21 Å². The molecule has 0 saturated carbocycles. The van der Waals surface area contributed by atoms with Crippen molar-refractivity contribution in [3.8, 4) is 0 Å². The summed E-state index contributed by atoms with van der Waals surface area (Å²) in [6.07, 6.45) is 3.45. The van der Waals surface area contributed by atoms with E-state index in [0.717, 1.165) is 37.9 Å². The Labute approximate surface area is 155 Å². The fourth-order valence-corrected chi connectivity index (χ4v) is 6.10. The molecule has 0 bridgehead atoms. The van der Waals surface area contributed by atoms with Gasteiger partial charge in [-0.05, 0) is 49.8 Å². The highest BCUT2D eigenvalue weighted by molar-refractivity contribution is 7.89. The first kappa shape index (κ1) is 17.9. The van der Waals surface area contributed by atoms with Crippen molar-refractivity contribution < 1.29 is 17.9 Å². The van der Waals surface area contributed by atoms with Crippen LogP contribution in [-0.4, -0.2) is 61.9 Å². The number of likely N-dealkylation sites (tertiary alicyclic amines) is 1. The molecule has 6 nitrogen and oxygen atoms in total. The Balaban J connectivity index is 1.41. The van der Waals surface area contributed by atoms with E-state index in [9.17, 15) is 13.2 Å². The molecule has 1 atom stereocenters. The first-order valence-corrected chi connectivity index (χ1v) is 10.8. The van der Waals surface area contributed by atoms with Crippen LogP contribution in [0.2, 0.25) is 0 Å². The molecular formula is C19H26N2O4S. The highest BCUT2D eigenvalue weighted by Gasteiger charge is 2.56. The number of hydrogen-bond acceptors (Lipinski definition) is 4. The normalized spacial score (nSPS) is 25.8. The molecule has 1 aromatic carbocycles. The van der Waals surface area contributed by atoms with Gasteiger partial charge in [0.1, 0.15) is 0 Å². The highest BCUT2D eigenvalue weighted by atomic mass is 32.2. The fourth-order valence-electron chi connectivity index (χ4n) is 4.44. The molecule has 4 rings (SSSR count). The lowest BCUT2D eigenvalue weighted by Gasteiger charge is -2.49. The third-order valence-corrected chi connectivity index (χ3v) is 7.82. The number of sulfonamides is 1. The molecule has 1 unspecified atom stereocenters. The minimum atomic E-state index is -3.46. The van der Waals surface area contributed by atoms with E-state index in [1.54, 1.807) is 18.2 Å². The molecular weight excluding hydrogens is 352 g/mol. The van der Waals surface area contributed by atoms with Crippen molar-refractivity contribution >= 4 is 15.9 Å². The van der Waals surface area contributed by atoms with Crippen LogP contribution in [0.3, 0.4) is 0 Å². The SMILES string of the molecule is Cc1cccc(S(=O)(=O)N2CC3(C2)OCCC3CCN2CCCC2=O)c1. The summed E-state index contributed by atoms with van der Waals surface area (Å²) in [7, 11) is -3.46. The monoisotopic (exact) mass is 378 g/mol. The molecule has 0 N–H and O–H groups in total. The van der Waals surface area contributed by atoms with Gasteiger partial charge in [0.05, 0.1) is 10.5 Å². The number of carbonyl (C=O) groups is 1. The Morgan fingerprint density at radius 2 is 2.12 bits per heavy atom. The van der Waals surface area contributed by atoms with Crippen LogP contribution in [0.5, 0.6) is 0 Å². The van der Waals surface area contributed by atoms with Crippen molar-refractivity contribution in [2.24, 2.45) is 5.92 Å². The van der Waals surface area contributed by atoms with Gasteiger partial charge >= 0.3 is 0 Å². The zero-order valence-electron chi connectivity index (χ0n) is 15.2. The summed E-state index contributed by atoms with van der Waals surface area (Å²) in [6.45, 7) is 5.03. The van der Waals surface area contributed by atoms with Gasteiger partial charge < -0.3 is 9.64 Å². The second-order valence-corrected chi connectivity index (χ2v) is 9.70. The van der Waals surface area contributed by atoms with Crippen molar-refractivity contribution in [3.05, 3.63) is 29.8 Å². The molecule has 1 aromatic rings. The standard InChI is InChI=1S/C19H26N2O4S/c1-15-4-2-5-17(12-15)26(23,24)21-13-19(14-21)16(8-11-25-19)7-10-20-9-3-6-18(20)22/h2,4-5,12,16H,3,6-11,13-14H2,1H3. The summed E-state index contributed by atoms with van der Waals surface area (Å²) < 4.78 is 33.2. The molecule has 3 aliphatic rings. The van der Waals surface area contributed by atoms with Gasteiger partial charge in [-0.3, -0.25) is 4.79 Å². The van der Waals surface area contributed by atoms with Gasteiger partial charge in [-0.2, -0.15) is 4.31 Å². The average Bonchev–Trinajstić information content (AvgIpc) is 3.17. The largest absolute Gasteiger partial charge is 0.372 e. The first-order chi connectivity index (χ1) is 12.4. The molecule has 142 valence electrons. The van der Waals surface area contributed by atoms with E-state index in [0.29, 0.717) is 36.9 Å². The first-order valence-electron chi connectivity index (χ1n) is 9.39. The molecule has 3 saturated heterocycles. The Bertz CT molecular complexity index is 802. The van der Waals surface area contributed by atoms with Crippen LogP contribution in [0.15, 0.2) is 29.2 Å². The van der Waals surface area contributed by atoms with Crippen LogP contribution < -0.4 is 0 Å². The quantitative estimate of drug-likeness (QED) is 0.783. The summed E-state index contributed by atoms with van der Waals surface area (Å²) in [4.78, 5) is 14.1. The van der Waals surface area contributed by atoms with Crippen molar-refractivity contribution in [1.29, 1.82) is 0 Å². The van der Waals surface area contributed by atoms with E-state index in [2.05, 4.69) is 0 Å². The topological polar surface area (TPSA) is 66.9 Å². The van der Waals surface area contributed by atoms with Gasteiger partial charge in [0.25, 0.3) is 0 Å². The van der Waals surface area contributed by atoms with Gasteiger partial charge in [0, 0.05) is 39.2 Å². The number of ether oxygens (including phenoxy) is 1. The Morgan fingerprint density at radius 3 is 2.81 bits per heavy atom. The van der Waals surface area contributed by atoms with E-state index in [4.69, 9.17) is 4.74 Å². The van der Waals surface area contributed by atoms with E-state index in [1.165, 1.54) is 4.31 Å². The molecule has 26 heavy (non-hydrogen) atoms. The Kier molecular flexibility index (Phi) is 4.57. The number of hydrogen-bond donors (Lipinski definition) is 0. The minimum absolute atomic E-state index is 0.246. The molecule has 7 heteroatoms. The average molecular weight is 378 g/mol. The third kappa shape index (κ3) is 3.06. The van der Waals surface area contributed by atoms with Gasteiger partial charge in [-0.1, -0.05) is 12.1 Å². The predicted molar refractivity (Wildman–Crippen MR) is 97.2 cm³/mol. The van der Waals surface area contributed by atoms with E-state index >= 15 is 0 Å². The highest BCUT2D eigenvalue weighted by Crippen LogP contribution is 2.43. The van der Waals surface area contributed by atoms with Crippen LogP contribution in [0.1, 0.15) is 31.2 Å². The zero-order valence-corrected chi connectivity index (χ0v) is 16.0. The summed E-state index contributed by atoms with van der Waals surface area (Å²) in [5, 5.41) is 0. The number of aryl methyl sites for hydroxylation is 1. The van der Waals surface area contributed by atoms with Crippen LogP contribution in [-0.2, 0) is 19.6 Å². The smallest absolute Gasteiger partial charge is 0.243 e. The molecule has 1 amide bonds. The predicted octanol–water partition coefficient (Wildman–Crippen LogP) is 1.79. The van der Waals surface area contributed by atoms with E-state index in [-0.39, 0.29) is 11.5 Å². The van der Waals surface area contributed by atoms with Crippen LogP contribution in [0.4, 0.5) is 0 Å². The van der Waals surface area contributed by atoms with Gasteiger partial charge in [0.15, 0.2) is 0 Å². The van der Waals surface area contributed by atoms with Crippen LogP contribution >= 0.6 is 0 Å². The summed E-state index contributed by atoms with van der Waals surface area (Å²) >= 11 is 0. The fraction of sp³-hybridized carbons (Fsp3) is 0.632. The third-order valence-electron chi connectivity index (χ3n) is 6.03. The zero-order chi connectivity index (χ0) is 18.4. The van der Waals surface area contributed by atoms with Crippen molar-refractivity contribution in [3.63, 3.8) is 0 Å². The Hall–Kier alpha value is -1.44. The van der Waals surface area contributed by atoms with Crippen LogP contribution in [0.25, 0.3) is 0 Å². The maximum atomic E-state index is 12.8. The van der Waals surface area contributed by atoms with E-state index in [1.807, 2.05) is 17.9 Å². The van der Waals surface area contributed by atoms with Gasteiger partial charge in [-0.25, -0.2) is 8.42 Å². The lowest BCUT2D eigenvalue weighted by Crippen LogP contribution is -2.66. The number of benzene rings is 1. The molecule has 0 radical (unpaired) electrons. The minimum Gasteiger partial charge on any atom is -0.372 e. The lowest BCUT2D eigenvalue weighted by atomic mass is 9.80. The van der Waals surface area contributed by atoms with E-state index < -0.39 is 10.0 Å². The molecule has 0 aliphatic carbocycles. The Morgan fingerprint density at radius 1 is 1.31 bits per heavy atom. The maximum Gasteiger partial charge on any atom is 0.243 e. The van der Waals surface area contributed by atoms with Crippen molar-refractivity contribution in [2.75, 3.05) is 32.8 Å². The maximum absolute atomic E-state index is 12.8. The second kappa shape index (κ2) is 6.62. The number of carbonyl (C=O) groups excluding carboxylic acids is 1. The number of nitrogens with zero attached hydrogens (tertiary/aromatic N) is 2. The lowest BCUT2D eigenvalue weighted by molar-refractivity contribution is -0.128. The van der Waals surface area contributed by atoms with Crippen molar-refractivity contribution in [2.45, 2.75) is 43.1 Å².